The van der Waals surface area contributed by atoms with Crippen LogP contribution < -0.4 is 0 Å². The molecule has 1 atom stereocenters. The molecule has 0 rings (SSSR count). The summed E-state index contributed by atoms with van der Waals surface area (Å²) in [5.74, 6) is 4.51. The molecule has 0 aliphatic carbocycles. The summed E-state index contributed by atoms with van der Waals surface area (Å²) in [6.45, 7) is 1.57. The number of rotatable bonds is 1. The fraction of sp³-hybridized carbons (Fsp3) is 0.250. The van der Waals surface area contributed by atoms with Crippen molar-refractivity contribution in [1.29, 1.82) is 0 Å². The Hall–Kier alpha value is -1.18. The van der Waals surface area contributed by atoms with Gasteiger partial charge in [0.1, 0.15) is 0 Å². The first-order valence-corrected chi connectivity index (χ1v) is 2.53. The molecule has 46 valence electrons. The van der Waals surface area contributed by atoms with Gasteiger partial charge in [-0.25, -0.2) is 0 Å². The number of hydrogen-bond acceptors (Lipinski definition) is 1. The third kappa shape index (κ3) is 2.59. The molecule has 1 nitrogen and oxygen atoms in total. The van der Waals surface area contributed by atoms with Gasteiger partial charge in [0, 0.05) is 11.6 Å². The van der Waals surface area contributed by atoms with Gasteiger partial charge >= 0.3 is 0 Å². The lowest BCUT2D eigenvalue weighted by molar-refractivity contribution is 0.236. The molecule has 9 heavy (non-hydrogen) atoms. The van der Waals surface area contributed by atoms with E-state index < -0.39 is 6.10 Å². The summed E-state index contributed by atoms with van der Waals surface area (Å²) in [7, 11) is 0. The van der Waals surface area contributed by atoms with E-state index in [-0.39, 0.29) is 0 Å². The van der Waals surface area contributed by atoms with Crippen molar-refractivity contribution in [3.63, 3.8) is 0 Å². The number of terminal acetylenes is 2. The molecule has 0 aromatic heterocycles. The summed E-state index contributed by atoms with van der Waals surface area (Å²) < 4.78 is 0. The Morgan fingerprint density at radius 1 is 1.67 bits per heavy atom. The first-order valence-electron chi connectivity index (χ1n) is 2.53. The first-order chi connectivity index (χ1) is 4.22. The Morgan fingerprint density at radius 3 is 2.33 bits per heavy atom. The minimum Gasteiger partial charge on any atom is -0.388 e. The highest BCUT2D eigenvalue weighted by Gasteiger charge is 1.97. The smallest absolute Gasteiger partial charge is 0.0846 e. The van der Waals surface area contributed by atoms with Crippen molar-refractivity contribution < 1.29 is 5.11 Å². The van der Waals surface area contributed by atoms with E-state index in [9.17, 15) is 0 Å². The molecule has 0 fully saturated rings. The second-order valence-electron chi connectivity index (χ2n) is 1.59. The Bertz CT molecular complexity index is 186. The second kappa shape index (κ2) is 3.78. The van der Waals surface area contributed by atoms with Gasteiger partial charge in [-0.3, -0.25) is 0 Å². The summed E-state index contributed by atoms with van der Waals surface area (Å²) in [6.07, 6.45) is 10.6. The van der Waals surface area contributed by atoms with Crippen LogP contribution in [-0.2, 0) is 0 Å². The van der Waals surface area contributed by atoms with Crippen molar-refractivity contribution in [2.24, 2.45) is 0 Å². The number of aliphatic hydroxyl groups is 1. The minimum absolute atomic E-state index is 0.442. The molecule has 0 amide bonds. The molecule has 1 heteroatoms. The molecule has 1 unspecified atom stereocenters. The average Bonchev–Trinajstić information content (AvgIpc) is 1.82. The number of hydrogen-bond donors (Lipinski definition) is 1. The molecule has 0 spiro atoms. The lowest BCUT2D eigenvalue weighted by Crippen LogP contribution is -2.01. The molecule has 0 saturated heterocycles. The summed E-state index contributed by atoms with van der Waals surface area (Å²) in [6, 6.07) is 0. The van der Waals surface area contributed by atoms with E-state index in [0.717, 1.165) is 0 Å². The van der Waals surface area contributed by atoms with E-state index in [4.69, 9.17) is 18.0 Å². The zero-order chi connectivity index (χ0) is 7.28. The molecule has 0 aliphatic rings. The van der Waals surface area contributed by atoms with Crippen molar-refractivity contribution >= 4 is 0 Å². The van der Waals surface area contributed by atoms with Gasteiger partial charge in [0.25, 0.3) is 0 Å². The maximum Gasteiger partial charge on any atom is 0.0846 e. The number of aliphatic hydroxyl groups excluding tert-OH is 1. The SMILES string of the molecule is C#C/C=C(\C#C)C(C)O. The van der Waals surface area contributed by atoms with Gasteiger partial charge < -0.3 is 5.11 Å². The Morgan fingerprint density at radius 2 is 2.22 bits per heavy atom. The van der Waals surface area contributed by atoms with E-state index in [1.807, 2.05) is 0 Å². The molecule has 0 bridgehead atoms. The van der Waals surface area contributed by atoms with E-state index in [1.165, 1.54) is 6.08 Å². The van der Waals surface area contributed by atoms with Crippen LogP contribution in [0.2, 0.25) is 0 Å². The van der Waals surface area contributed by atoms with E-state index in [0.29, 0.717) is 5.57 Å². The zero-order valence-corrected chi connectivity index (χ0v) is 5.26. The highest BCUT2D eigenvalue weighted by Crippen LogP contribution is 1.97. The number of allylic oxidation sites excluding steroid dienone is 1. The van der Waals surface area contributed by atoms with E-state index >= 15 is 0 Å². The van der Waals surface area contributed by atoms with Crippen LogP contribution in [0, 0.1) is 24.7 Å². The van der Waals surface area contributed by atoms with Gasteiger partial charge in [-0.15, -0.1) is 12.8 Å². The molecule has 0 aromatic carbocycles. The molecule has 0 saturated carbocycles. The van der Waals surface area contributed by atoms with Crippen LogP contribution in [0.1, 0.15) is 6.92 Å². The van der Waals surface area contributed by atoms with Gasteiger partial charge in [-0.2, -0.15) is 0 Å². The Balaban J connectivity index is 4.25. The zero-order valence-electron chi connectivity index (χ0n) is 5.26. The Kier molecular flexibility index (Phi) is 3.28. The summed E-state index contributed by atoms with van der Waals surface area (Å²) >= 11 is 0. The Labute approximate surface area is 55.4 Å². The van der Waals surface area contributed by atoms with Gasteiger partial charge in [0.15, 0.2) is 0 Å². The molecular formula is C8H8O. The maximum atomic E-state index is 8.84. The average molecular weight is 120 g/mol. The van der Waals surface area contributed by atoms with Gasteiger partial charge in [-0.05, 0) is 6.92 Å². The summed E-state index contributed by atoms with van der Waals surface area (Å²) in [5, 5.41) is 8.84. The standard InChI is InChI=1S/C8H8O/c1-4-6-8(5-2)7(3)9/h1-2,6-7,9H,3H3/b8-6+. The lowest BCUT2D eigenvalue weighted by atomic mass is 10.2. The largest absolute Gasteiger partial charge is 0.388 e. The third-order valence-corrected chi connectivity index (χ3v) is 0.856. The van der Waals surface area contributed by atoms with Crippen LogP contribution in [0.25, 0.3) is 0 Å². The van der Waals surface area contributed by atoms with Crippen LogP contribution in [-0.4, -0.2) is 11.2 Å². The third-order valence-electron chi connectivity index (χ3n) is 0.856. The molecule has 0 heterocycles. The highest BCUT2D eigenvalue weighted by molar-refractivity contribution is 5.34. The molecule has 1 N–H and O–H groups in total. The van der Waals surface area contributed by atoms with Gasteiger partial charge in [0.2, 0.25) is 0 Å². The normalized spacial score (nSPS) is 13.6. The van der Waals surface area contributed by atoms with Crippen LogP contribution in [0.4, 0.5) is 0 Å². The quantitative estimate of drug-likeness (QED) is 0.501. The van der Waals surface area contributed by atoms with Crippen molar-refractivity contribution in [1.82, 2.24) is 0 Å². The van der Waals surface area contributed by atoms with E-state index in [2.05, 4.69) is 11.8 Å². The van der Waals surface area contributed by atoms with Crippen LogP contribution >= 0.6 is 0 Å². The van der Waals surface area contributed by atoms with Crippen molar-refractivity contribution in [3.8, 4) is 24.7 Å². The topological polar surface area (TPSA) is 20.2 Å². The first kappa shape index (κ1) is 7.82. The van der Waals surface area contributed by atoms with Crippen LogP contribution in [0.15, 0.2) is 11.6 Å². The van der Waals surface area contributed by atoms with Crippen LogP contribution in [0.5, 0.6) is 0 Å². The van der Waals surface area contributed by atoms with E-state index in [1.54, 1.807) is 6.92 Å². The fourth-order valence-electron chi connectivity index (χ4n) is 0.373. The molecule has 0 aromatic rings. The second-order valence-corrected chi connectivity index (χ2v) is 1.59. The lowest BCUT2D eigenvalue weighted by Gasteiger charge is -1.98. The molecular weight excluding hydrogens is 112 g/mol. The minimum atomic E-state index is -0.633. The summed E-state index contributed by atoms with van der Waals surface area (Å²) in [5.41, 5.74) is 0.442. The monoisotopic (exact) mass is 120 g/mol. The predicted octanol–water partition coefficient (Wildman–Crippen LogP) is 0.560. The molecule has 0 radical (unpaired) electrons. The van der Waals surface area contributed by atoms with Crippen molar-refractivity contribution in [2.75, 3.05) is 0 Å². The van der Waals surface area contributed by atoms with Gasteiger partial charge in [-0.1, -0.05) is 11.8 Å². The fourth-order valence-corrected chi connectivity index (χ4v) is 0.373. The highest BCUT2D eigenvalue weighted by atomic mass is 16.3. The van der Waals surface area contributed by atoms with Gasteiger partial charge in [0.05, 0.1) is 6.10 Å². The maximum absolute atomic E-state index is 8.84. The predicted molar refractivity (Wildman–Crippen MR) is 37.4 cm³/mol. The van der Waals surface area contributed by atoms with Crippen molar-refractivity contribution in [3.05, 3.63) is 11.6 Å². The molecule has 0 aliphatic heterocycles. The summed E-state index contributed by atoms with van der Waals surface area (Å²) in [4.78, 5) is 0. The van der Waals surface area contributed by atoms with Crippen LogP contribution in [0.3, 0.4) is 0 Å². The van der Waals surface area contributed by atoms with Crippen molar-refractivity contribution in [2.45, 2.75) is 13.0 Å².